The Morgan fingerprint density at radius 1 is 0.926 bits per heavy atom. The SMILES string of the molecule is COC(=O)NCc1ccccc1-c1ccccc1OC(=O)NCCC(C)C. The van der Waals surface area contributed by atoms with Crippen LogP contribution in [0, 0.1) is 5.92 Å². The summed E-state index contributed by atoms with van der Waals surface area (Å²) in [7, 11) is 1.32. The number of nitrogens with one attached hydrogen (secondary N) is 2. The quantitative estimate of drug-likeness (QED) is 0.760. The molecule has 0 bridgehead atoms. The van der Waals surface area contributed by atoms with Crippen LogP contribution in [0.3, 0.4) is 0 Å². The summed E-state index contributed by atoms with van der Waals surface area (Å²) in [4.78, 5) is 23.5. The number of para-hydroxylation sites is 1. The van der Waals surface area contributed by atoms with Crippen LogP contribution in [0.2, 0.25) is 0 Å². The second-order valence-electron chi connectivity index (χ2n) is 6.50. The van der Waals surface area contributed by atoms with Crippen molar-refractivity contribution in [3.63, 3.8) is 0 Å². The molecule has 0 aliphatic carbocycles. The summed E-state index contributed by atoms with van der Waals surface area (Å²) in [6.45, 7) is 5.07. The first kappa shape index (κ1) is 20.3. The molecule has 2 rings (SSSR count). The fourth-order valence-electron chi connectivity index (χ4n) is 2.55. The maximum atomic E-state index is 12.1. The van der Waals surface area contributed by atoms with E-state index in [1.165, 1.54) is 7.11 Å². The lowest BCUT2D eigenvalue weighted by Gasteiger charge is -2.14. The summed E-state index contributed by atoms with van der Waals surface area (Å²) in [5.74, 6) is 0.969. The fourth-order valence-corrected chi connectivity index (χ4v) is 2.55. The molecule has 0 saturated carbocycles. The average Bonchev–Trinajstić information content (AvgIpc) is 2.66. The van der Waals surface area contributed by atoms with Gasteiger partial charge in [-0.2, -0.15) is 0 Å². The molecular weight excluding hydrogens is 344 g/mol. The Bertz CT molecular complexity index is 774. The number of ether oxygens (including phenoxy) is 2. The fraction of sp³-hybridized carbons (Fsp3) is 0.333. The average molecular weight is 370 g/mol. The van der Waals surface area contributed by atoms with Gasteiger partial charge in [-0.25, -0.2) is 9.59 Å². The lowest BCUT2D eigenvalue weighted by Crippen LogP contribution is -2.28. The van der Waals surface area contributed by atoms with Crippen molar-refractivity contribution < 1.29 is 19.1 Å². The molecule has 0 spiro atoms. The Hall–Kier alpha value is -3.02. The summed E-state index contributed by atoms with van der Waals surface area (Å²) in [6, 6.07) is 14.9. The smallest absolute Gasteiger partial charge is 0.412 e. The summed E-state index contributed by atoms with van der Waals surface area (Å²) in [5, 5.41) is 5.45. The minimum atomic E-state index is -0.501. The van der Waals surface area contributed by atoms with Crippen molar-refractivity contribution in [1.29, 1.82) is 0 Å². The van der Waals surface area contributed by atoms with Crippen LogP contribution in [0.5, 0.6) is 5.75 Å². The number of methoxy groups -OCH3 is 1. The number of amides is 2. The van der Waals surface area contributed by atoms with E-state index >= 15 is 0 Å². The highest BCUT2D eigenvalue weighted by molar-refractivity contribution is 5.78. The van der Waals surface area contributed by atoms with Gasteiger partial charge < -0.3 is 20.1 Å². The van der Waals surface area contributed by atoms with Gasteiger partial charge in [-0.1, -0.05) is 56.3 Å². The Kier molecular flexibility index (Phi) is 7.67. The van der Waals surface area contributed by atoms with Crippen molar-refractivity contribution in [3.8, 4) is 16.9 Å². The van der Waals surface area contributed by atoms with Gasteiger partial charge in [0.2, 0.25) is 0 Å². The molecule has 144 valence electrons. The molecule has 0 radical (unpaired) electrons. The zero-order chi connectivity index (χ0) is 19.6. The molecule has 0 atom stereocenters. The zero-order valence-electron chi connectivity index (χ0n) is 16.0. The van der Waals surface area contributed by atoms with Crippen molar-refractivity contribution in [2.24, 2.45) is 5.92 Å². The Labute approximate surface area is 159 Å². The van der Waals surface area contributed by atoms with Gasteiger partial charge >= 0.3 is 12.2 Å². The van der Waals surface area contributed by atoms with Gasteiger partial charge in [0.1, 0.15) is 5.75 Å². The van der Waals surface area contributed by atoms with E-state index in [2.05, 4.69) is 29.2 Å². The number of benzene rings is 2. The van der Waals surface area contributed by atoms with Crippen molar-refractivity contribution in [3.05, 3.63) is 54.1 Å². The number of rotatable bonds is 7. The lowest BCUT2D eigenvalue weighted by molar-refractivity contribution is 0.170. The number of hydrogen-bond acceptors (Lipinski definition) is 4. The van der Waals surface area contributed by atoms with Gasteiger partial charge in [0.15, 0.2) is 0 Å². The van der Waals surface area contributed by atoms with Crippen LogP contribution in [0.4, 0.5) is 9.59 Å². The summed E-state index contributed by atoms with van der Waals surface area (Å²) in [6.07, 6.45) is -0.0918. The third-order valence-electron chi connectivity index (χ3n) is 4.00. The predicted molar refractivity (Wildman–Crippen MR) is 105 cm³/mol. The van der Waals surface area contributed by atoms with E-state index in [1.54, 1.807) is 6.07 Å². The number of alkyl carbamates (subject to hydrolysis) is 1. The van der Waals surface area contributed by atoms with Crippen molar-refractivity contribution in [2.45, 2.75) is 26.8 Å². The largest absolute Gasteiger partial charge is 0.453 e. The maximum Gasteiger partial charge on any atom is 0.412 e. The molecule has 0 heterocycles. The third-order valence-corrected chi connectivity index (χ3v) is 4.00. The molecule has 6 heteroatoms. The molecule has 27 heavy (non-hydrogen) atoms. The molecule has 0 aliphatic rings. The van der Waals surface area contributed by atoms with Crippen LogP contribution in [0.1, 0.15) is 25.8 Å². The standard InChI is InChI=1S/C21H26N2O4/c1-15(2)12-13-22-21(25)27-19-11-7-6-10-18(19)17-9-5-4-8-16(17)14-23-20(24)26-3/h4-11,15H,12-14H2,1-3H3,(H,22,25)(H,23,24). The van der Waals surface area contributed by atoms with Gasteiger partial charge in [0, 0.05) is 18.7 Å². The van der Waals surface area contributed by atoms with Crippen LogP contribution in [0.15, 0.2) is 48.5 Å². The molecule has 2 aromatic rings. The molecule has 0 aliphatic heterocycles. The number of carbonyl (C=O) groups is 2. The predicted octanol–water partition coefficient (Wildman–Crippen LogP) is 4.34. The first-order chi connectivity index (χ1) is 13.0. The van der Waals surface area contributed by atoms with E-state index < -0.39 is 12.2 Å². The van der Waals surface area contributed by atoms with Crippen LogP contribution in [-0.2, 0) is 11.3 Å². The Morgan fingerprint density at radius 2 is 1.59 bits per heavy atom. The topological polar surface area (TPSA) is 76.7 Å². The maximum absolute atomic E-state index is 12.1. The highest BCUT2D eigenvalue weighted by Crippen LogP contribution is 2.32. The van der Waals surface area contributed by atoms with Gasteiger partial charge in [0.25, 0.3) is 0 Å². The molecule has 0 saturated heterocycles. The van der Waals surface area contributed by atoms with Crippen LogP contribution in [0.25, 0.3) is 11.1 Å². The zero-order valence-corrected chi connectivity index (χ0v) is 16.0. The lowest BCUT2D eigenvalue weighted by atomic mass is 9.99. The van der Waals surface area contributed by atoms with Crippen LogP contribution < -0.4 is 15.4 Å². The second-order valence-corrected chi connectivity index (χ2v) is 6.50. The molecule has 0 fully saturated rings. The minimum Gasteiger partial charge on any atom is -0.453 e. The van der Waals surface area contributed by atoms with E-state index in [4.69, 9.17) is 4.74 Å². The van der Waals surface area contributed by atoms with Crippen molar-refractivity contribution in [2.75, 3.05) is 13.7 Å². The van der Waals surface area contributed by atoms with E-state index in [9.17, 15) is 9.59 Å². The van der Waals surface area contributed by atoms with Gasteiger partial charge in [-0.15, -0.1) is 0 Å². The van der Waals surface area contributed by atoms with Gasteiger partial charge in [-0.3, -0.25) is 0 Å². The van der Waals surface area contributed by atoms with Crippen LogP contribution >= 0.6 is 0 Å². The molecule has 0 aromatic heterocycles. The third kappa shape index (κ3) is 6.33. The van der Waals surface area contributed by atoms with E-state index in [-0.39, 0.29) is 0 Å². The second kappa shape index (κ2) is 10.2. The Balaban J connectivity index is 2.18. The first-order valence-corrected chi connectivity index (χ1v) is 8.96. The van der Waals surface area contributed by atoms with E-state index in [0.717, 1.165) is 23.1 Å². The first-order valence-electron chi connectivity index (χ1n) is 8.96. The highest BCUT2D eigenvalue weighted by Gasteiger charge is 2.13. The molecule has 2 amide bonds. The monoisotopic (exact) mass is 370 g/mol. The van der Waals surface area contributed by atoms with Crippen molar-refractivity contribution >= 4 is 12.2 Å². The molecule has 2 N–H and O–H groups in total. The molecular formula is C21H26N2O4. The molecule has 0 unspecified atom stereocenters. The molecule has 6 nitrogen and oxygen atoms in total. The summed E-state index contributed by atoms with van der Waals surface area (Å²) in [5.41, 5.74) is 2.54. The van der Waals surface area contributed by atoms with Crippen molar-refractivity contribution in [1.82, 2.24) is 10.6 Å². The molecule has 2 aromatic carbocycles. The van der Waals surface area contributed by atoms with Gasteiger partial charge in [0.05, 0.1) is 7.11 Å². The number of carbonyl (C=O) groups excluding carboxylic acids is 2. The van der Waals surface area contributed by atoms with Gasteiger partial charge in [-0.05, 0) is 29.5 Å². The number of hydrogen-bond donors (Lipinski definition) is 2. The summed E-state index contributed by atoms with van der Waals surface area (Å²) >= 11 is 0. The minimum absolute atomic E-state index is 0.303. The Morgan fingerprint density at radius 3 is 2.30 bits per heavy atom. The van der Waals surface area contributed by atoms with Crippen LogP contribution in [-0.4, -0.2) is 25.8 Å². The highest BCUT2D eigenvalue weighted by atomic mass is 16.6. The van der Waals surface area contributed by atoms with E-state index in [0.29, 0.717) is 24.8 Å². The summed E-state index contributed by atoms with van der Waals surface area (Å²) < 4.78 is 10.1. The van der Waals surface area contributed by atoms with E-state index in [1.807, 2.05) is 42.5 Å². The normalized spacial score (nSPS) is 10.4.